The molecular formula is C27H26F3NO6S. The van der Waals surface area contributed by atoms with Crippen LogP contribution < -0.4 is 9.50 Å². The largest absolute Gasteiger partial charge is 0.550 e. The predicted molar refractivity (Wildman–Crippen MR) is 136 cm³/mol. The van der Waals surface area contributed by atoms with Gasteiger partial charge in [-0.25, -0.2) is 4.79 Å². The van der Waals surface area contributed by atoms with Crippen molar-refractivity contribution in [1.82, 2.24) is 5.32 Å². The fraction of sp³-hybridized carbons (Fsp3) is 0.259. The normalized spacial score (nSPS) is 11.3. The third-order valence-electron chi connectivity index (χ3n) is 5.16. The van der Waals surface area contributed by atoms with Gasteiger partial charge in [0.15, 0.2) is 0 Å². The molecule has 0 radical (unpaired) electrons. The van der Waals surface area contributed by atoms with E-state index in [1.54, 1.807) is 31.2 Å². The zero-order valence-corrected chi connectivity index (χ0v) is 21.7. The van der Waals surface area contributed by atoms with Gasteiger partial charge in [-0.15, -0.1) is 22.4 Å². The second-order valence-corrected chi connectivity index (χ2v) is 9.09. The zero-order chi connectivity index (χ0) is 27.7. The smallest absolute Gasteiger partial charge is 0.457 e. The van der Waals surface area contributed by atoms with E-state index in [9.17, 15) is 22.8 Å². The molecule has 0 saturated carbocycles. The third kappa shape index (κ3) is 8.79. The molecule has 0 fully saturated rings. The molecule has 38 heavy (non-hydrogen) atoms. The number of nitrogens with one attached hydrogen (secondary N) is 1. The first kappa shape index (κ1) is 29.0. The van der Waals surface area contributed by atoms with Crippen LogP contribution in [0.25, 0.3) is 11.1 Å². The topological polar surface area (TPSA) is 83.1 Å². The summed E-state index contributed by atoms with van der Waals surface area (Å²) < 4.78 is 50.6. The number of hydrogen-bond donors (Lipinski definition) is 1. The number of hydrogen-bond acceptors (Lipinski definition) is 7. The number of halogens is 3. The Bertz CT molecular complexity index is 1250. The number of amides is 1. The van der Waals surface area contributed by atoms with E-state index in [1.165, 1.54) is 12.1 Å². The van der Waals surface area contributed by atoms with Crippen molar-refractivity contribution in [2.75, 3.05) is 6.54 Å². The maximum atomic E-state index is 13.2. The molecule has 0 heterocycles. The number of carbonyl (C=O) groups excluding carboxylic acids is 2. The summed E-state index contributed by atoms with van der Waals surface area (Å²) in [6, 6.07) is 18.6. The van der Waals surface area contributed by atoms with Gasteiger partial charge in [-0.1, -0.05) is 56.3 Å². The zero-order valence-electron chi connectivity index (χ0n) is 20.8. The van der Waals surface area contributed by atoms with Crippen molar-refractivity contribution in [2.24, 2.45) is 5.92 Å². The first-order chi connectivity index (χ1) is 18.0. The molecule has 0 aromatic heterocycles. The molecule has 3 rings (SSSR count). The summed E-state index contributed by atoms with van der Waals surface area (Å²) in [6.45, 7) is 6.21. The van der Waals surface area contributed by atoms with Crippen LogP contribution >= 0.6 is 12.3 Å². The molecule has 0 unspecified atom stereocenters. The van der Waals surface area contributed by atoms with Crippen molar-refractivity contribution < 1.29 is 40.9 Å². The highest BCUT2D eigenvalue weighted by atomic mass is 32.2. The molecule has 0 spiro atoms. The van der Waals surface area contributed by atoms with Crippen LogP contribution in [-0.2, 0) is 20.6 Å². The second kappa shape index (κ2) is 13.3. The predicted octanol–water partition coefficient (Wildman–Crippen LogP) is 6.81. The summed E-state index contributed by atoms with van der Waals surface area (Å²) in [5.41, 5.74) is 3.09. The molecule has 11 heteroatoms. The van der Waals surface area contributed by atoms with E-state index < -0.39 is 12.3 Å². The number of aryl methyl sites for hydroxylation is 1. The van der Waals surface area contributed by atoms with Crippen LogP contribution in [0, 0.1) is 12.8 Å². The molecular weight excluding hydrogens is 523 g/mol. The van der Waals surface area contributed by atoms with Crippen molar-refractivity contribution in [3.63, 3.8) is 0 Å². The highest BCUT2D eigenvalue weighted by Gasteiger charge is 2.32. The van der Waals surface area contributed by atoms with Crippen LogP contribution in [0.4, 0.5) is 13.2 Å². The van der Waals surface area contributed by atoms with Gasteiger partial charge >= 0.3 is 12.3 Å². The van der Waals surface area contributed by atoms with E-state index in [4.69, 9.17) is 8.92 Å². The lowest BCUT2D eigenvalue weighted by Crippen LogP contribution is -2.27. The van der Waals surface area contributed by atoms with Gasteiger partial charge in [0.25, 0.3) is 18.2 Å². The Morgan fingerprint density at radius 3 is 2.34 bits per heavy atom. The van der Waals surface area contributed by atoms with E-state index in [0.717, 1.165) is 5.56 Å². The Balaban J connectivity index is 1.85. The summed E-state index contributed by atoms with van der Waals surface area (Å²) in [5.74, 6) is -0.489. The molecule has 1 amide bonds. The second-order valence-electron chi connectivity index (χ2n) is 8.65. The number of benzene rings is 3. The van der Waals surface area contributed by atoms with Crippen LogP contribution in [-0.4, -0.2) is 24.8 Å². The van der Waals surface area contributed by atoms with Crippen LogP contribution in [0.5, 0.6) is 5.75 Å². The lowest BCUT2D eigenvalue weighted by atomic mass is 9.94. The lowest BCUT2D eigenvalue weighted by Gasteiger charge is -2.15. The standard InChI is InChI=1S/C27H26F3NO6S/c1-17(2)15-31-25(32)20-9-11-23(24(14-20)26(33)34-16-19-7-5-4-6-8-19)22-12-10-21(13-18(22)3)35-38-37-36-27(28,29)30/h4-14,17H,15-16H2,1-3H3,(H,31,32). The number of ether oxygens (including phenoxy) is 1. The lowest BCUT2D eigenvalue weighted by molar-refractivity contribution is -0.441. The molecule has 0 aliphatic carbocycles. The summed E-state index contributed by atoms with van der Waals surface area (Å²) in [4.78, 5) is 29.0. The SMILES string of the molecule is Cc1cc(OSOOC(F)(F)F)ccc1-c1ccc(C(=O)NCC(C)C)cc1C(=O)OCc1ccccc1. The van der Waals surface area contributed by atoms with Crippen molar-refractivity contribution in [1.29, 1.82) is 0 Å². The number of rotatable bonds is 11. The quantitative estimate of drug-likeness (QED) is 0.0924. The van der Waals surface area contributed by atoms with E-state index in [2.05, 4.69) is 14.5 Å². The van der Waals surface area contributed by atoms with Crippen molar-refractivity contribution in [2.45, 2.75) is 33.7 Å². The molecule has 1 N–H and O–H groups in total. The van der Waals surface area contributed by atoms with Gasteiger partial charge in [0.1, 0.15) is 12.4 Å². The first-order valence-corrected chi connectivity index (χ1v) is 12.2. The fourth-order valence-electron chi connectivity index (χ4n) is 3.38. The average molecular weight is 550 g/mol. The number of alkyl halides is 3. The molecule has 0 aliphatic heterocycles. The minimum Gasteiger partial charge on any atom is -0.457 e. The Hall–Kier alpha value is -3.54. The summed E-state index contributed by atoms with van der Waals surface area (Å²) in [7, 11) is 0. The van der Waals surface area contributed by atoms with Gasteiger partial charge < -0.3 is 14.2 Å². The van der Waals surface area contributed by atoms with Crippen LogP contribution in [0.3, 0.4) is 0 Å². The molecule has 3 aromatic rings. The molecule has 0 bridgehead atoms. The van der Waals surface area contributed by atoms with E-state index in [0.29, 0.717) is 28.8 Å². The molecule has 3 aromatic carbocycles. The van der Waals surface area contributed by atoms with Gasteiger partial charge in [-0.3, -0.25) is 4.79 Å². The maximum absolute atomic E-state index is 13.2. The molecule has 0 atom stereocenters. The van der Waals surface area contributed by atoms with Gasteiger partial charge in [-0.05, 0) is 59.4 Å². The van der Waals surface area contributed by atoms with Crippen LogP contribution in [0.1, 0.15) is 45.7 Å². The Morgan fingerprint density at radius 2 is 1.68 bits per heavy atom. The molecule has 0 aliphatic rings. The first-order valence-electron chi connectivity index (χ1n) is 11.5. The van der Waals surface area contributed by atoms with Crippen LogP contribution in [0.2, 0.25) is 0 Å². The van der Waals surface area contributed by atoms with E-state index in [-0.39, 0.29) is 42.1 Å². The van der Waals surface area contributed by atoms with Crippen LogP contribution in [0.15, 0.2) is 66.7 Å². The van der Waals surface area contributed by atoms with Gasteiger partial charge in [-0.2, -0.15) is 0 Å². The Kier molecular flexibility index (Phi) is 10.2. The third-order valence-corrected chi connectivity index (χ3v) is 5.54. The van der Waals surface area contributed by atoms with Gasteiger partial charge in [0.2, 0.25) is 0 Å². The van der Waals surface area contributed by atoms with Crippen molar-refractivity contribution in [3.05, 3.63) is 89.0 Å². The Morgan fingerprint density at radius 1 is 0.974 bits per heavy atom. The molecule has 202 valence electrons. The number of esters is 1. The van der Waals surface area contributed by atoms with Gasteiger partial charge in [0, 0.05) is 12.1 Å². The fourth-order valence-corrected chi connectivity index (χ4v) is 3.70. The van der Waals surface area contributed by atoms with Crippen molar-refractivity contribution >= 4 is 24.2 Å². The average Bonchev–Trinajstić information content (AvgIpc) is 2.88. The Labute approximate surface area is 222 Å². The summed E-state index contributed by atoms with van der Waals surface area (Å²) in [6.07, 6.45) is -4.96. The van der Waals surface area contributed by atoms with E-state index in [1.807, 2.05) is 44.2 Å². The summed E-state index contributed by atoms with van der Waals surface area (Å²) in [5, 5.41) is 2.83. The van der Waals surface area contributed by atoms with Gasteiger partial charge in [0.05, 0.1) is 5.56 Å². The monoisotopic (exact) mass is 549 g/mol. The highest BCUT2D eigenvalue weighted by Crippen LogP contribution is 2.32. The highest BCUT2D eigenvalue weighted by molar-refractivity contribution is 7.90. The van der Waals surface area contributed by atoms with E-state index >= 15 is 0 Å². The minimum absolute atomic E-state index is 0.00704. The summed E-state index contributed by atoms with van der Waals surface area (Å²) >= 11 is 0.00704. The van der Waals surface area contributed by atoms with Crippen molar-refractivity contribution in [3.8, 4) is 16.9 Å². The molecule has 0 saturated heterocycles. The maximum Gasteiger partial charge on any atom is 0.550 e. The number of carbonyl (C=O) groups is 2. The minimum atomic E-state index is -4.96. The molecule has 7 nitrogen and oxygen atoms in total.